The maximum Gasteiger partial charge on any atom is 0.420 e. The summed E-state index contributed by atoms with van der Waals surface area (Å²) >= 11 is 0. The Balaban J connectivity index is 2.76. The first-order valence-electron chi connectivity index (χ1n) is 6.87. The quantitative estimate of drug-likeness (QED) is 0.216. The average molecular weight is 398 g/mol. The number of benzene rings is 1. The molecule has 1 aromatic rings. The van der Waals surface area contributed by atoms with Crippen molar-refractivity contribution in [2.24, 2.45) is 5.18 Å². The van der Waals surface area contributed by atoms with Crippen molar-refractivity contribution in [1.82, 2.24) is 16.2 Å². The molecule has 1 amide bonds. The van der Waals surface area contributed by atoms with Crippen LogP contribution in [0.3, 0.4) is 0 Å². The van der Waals surface area contributed by atoms with Gasteiger partial charge in [0.1, 0.15) is 11.5 Å². The molecule has 13 heteroatoms. The third-order valence-electron chi connectivity index (χ3n) is 3.30. The normalized spacial score (nSPS) is 12.1. The molecule has 27 heavy (non-hydrogen) atoms. The molecule has 0 aliphatic carbocycles. The molecule has 0 aliphatic rings. The van der Waals surface area contributed by atoms with Crippen molar-refractivity contribution in [3.05, 3.63) is 47.1 Å². The molecular weight excluding hydrogens is 386 g/mol. The largest absolute Gasteiger partial charge is 0.420 e. The molecule has 1 aromatic carbocycles. The highest BCUT2D eigenvalue weighted by molar-refractivity contribution is 6.42. The van der Waals surface area contributed by atoms with Crippen molar-refractivity contribution in [2.75, 3.05) is 0 Å². The van der Waals surface area contributed by atoms with Crippen LogP contribution in [-0.4, -0.2) is 29.6 Å². The minimum absolute atomic E-state index is 0.0266. The van der Waals surface area contributed by atoms with Gasteiger partial charge in [0, 0.05) is 5.56 Å². The summed E-state index contributed by atoms with van der Waals surface area (Å²) < 4.78 is 76.5. The monoisotopic (exact) mass is 398 g/mol. The van der Waals surface area contributed by atoms with Gasteiger partial charge >= 0.3 is 18.3 Å². The molecule has 0 fully saturated rings. The summed E-state index contributed by atoms with van der Waals surface area (Å²) in [5.74, 6) is -3.64. The van der Waals surface area contributed by atoms with E-state index in [1.54, 1.807) is 10.9 Å². The zero-order valence-electron chi connectivity index (χ0n) is 13.5. The lowest BCUT2D eigenvalue weighted by molar-refractivity contribution is -0.299. The first-order valence-corrected chi connectivity index (χ1v) is 6.87. The van der Waals surface area contributed by atoms with Gasteiger partial charge in [-0.15, -0.1) is 4.91 Å². The summed E-state index contributed by atoms with van der Waals surface area (Å²) in [7, 11) is 0. The zero-order valence-corrected chi connectivity index (χ0v) is 13.5. The van der Waals surface area contributed by atoms with Crippen molar-refractivity contribution in [3.8, 4) is 0 Å². The first-order chi connectivity index (χ1) is 12.2. The molecule has 148 valence electrons. The fourth-order valence-corrected chi connectivity index (χ4v) is 1.63. The van der Waals surface area contributed by atoms with E-state index in [9.17, 15) is 40.8 Å². The van der Waals surface area contributed by atoms with Crippen molar-refractivity contribution in [1.29, 1.82) is 0 Å². The number of hydrazine groups is 1. The van der Waals surface area contributed by atoms with Gasteiger partial charge in [0.05, 0.1) is 0 Å². The van der Waals surface area contributed by atoms with Crippen molar-refractivity contribution in [2.45, 2.75) is 24.8 Å². The second kappa shape index (κ2) is 7.63. The highest BCUT2D eigenvalue weighted by Gasteiger charge is 2.68. The molecule has 0 saturated heterocycles. The van der Waals surface area contributed by atoms with Crippen LogP contribution in [0.2, 0.25) is 0 Å². The number of rotatable bonds is 7. The van der Waals surface area contributed by atoms with Crippen LogP contribution in [0, 0.1) is 4.91 Å². The van der Waals surface area contributed by atoms with E-state index in [0.29, 0.717) is 0 Å². The third kappa shape index (κ3) is 4.95. The standard InChI is InChI=1S/C14H12F6N4O3/c1-7(21-12(2,13(15,16)17)14(18,19)20)22-23-11(26)10(25)8-3-5-9(24-27)6-4-8/h3-6,21-22H,1H2,2H3,(H,23,26). The van der Waals surface area contributed by atoms with E-state index in [0.717, 1.165) is 29.6 Å². The Labute approximate surface area is 147 Å². The van der Waals surface area contributed by atoms with E-state index in [2.05, 4.69) is 11.8 Å². The Hall–Kier alpha value is -3.12. The molecule has 0 bridgehead atoms. The Bertz CT molecular complexity index is 729. The number of nitroso groups, excluding NO2 is 1. The SMILES string of the molecule is C=C(NNC(=O)C(=O)c1ccc(N=O)cc1)NC(C)(C(F)(F)F)C(F)(F)F. The van der Waals surface area contributed by atoms with Crippen LogP contribution < -0.4 is 16.2 Å². The van der Waals surface area contributed by atoms with Gasteiger partial charge in [0.15, 0.2) is 0 Å². The fraction of sp³-hybridized carbons (Fsp3) is 0.286. The topological polar surface area (TPSA) is 99.7 Å². The lowest BCUT2D eigenvalue weighted by Gasteiger charge is -2.36. The number of halogens is 6. The van der Waals surface area contributed by atoms with Crippen LogP contribution in [-0.2, 0) is 4.79 Å². The number of nitrogens with zero attached hydrogens (tertiary/aromatic N) is 1. The maximum atomic E-state index is 12.7. The molecular formula is C14H12F6N4O3. The summed E-state index contributed by atoms with van der Waals surface area (Å²) in [5.41, 5.74) is -1.30. The van der Waals surface area contributed by atoms with Crippen LogP contribution in [0.5, 0.6) is 0 Å². The van der Waals surface area contributed by atoms with Crippen LogP contribution in [0.4, 0.5) is 32.0 Å². The van der Waals surface area contributed by atoms with Crippen LogP contribution in [0.15, 0.2) is 41.8 Å². The molecule has 1 rings (SSSR count). The highest BCUT2D eigenvalue weighted by Crippen LogP contribution is 2.42. The Kier molecular flexibility index (Phi) is 6.20. The minimum atomic E-state index is -5.73. The van der Waals surface area contributed by atoms with E-state index in [1.165, 1.54) is 0 Å². The second-order valence-corrected chi connectivity index (χ2v) is 5.27. The third-order valence-corrected chi connectivity index (χ3v) is 3.30. The van der Waals surface area contributed by atoms with E-state index in [-0.39, 0.29) is 18.2 Å². The maximum absolute atomic E-state index is 12.7. The zero-order chi connectivity index (χ0) is 21.0. The summed E-state index contributed by atoms with van der Waals surface area (Å²) in [4.78, 5) is 33.7. The molecule has 0 aliphatic heterocycles. The molecule has 0 atom stereocenters. The molecule has 7 nitrogen and oxygen atoms in total. The molecule has 0 saturated carbocycles. The Morgan fingerprint density at radius 1 is 0.963 bits per heavy atom. The molecule has 0 radical (unpaired) electrons. The second-order valence-electron chi connectivity index (χ2n) is 5.27. The first kappa shape index (κ1) is 21.9. The number of ketones is 1. The van der Waals surface area contributed by atoms with Gasteiger partial charge in [-0.05, 0) is 36.4 Å². The fourth-order valence-electron chi connectivity index (χ4n) is 1.63. The Morgan fingerprint density at radius 2 is 1.44 bits per heavy atom. The molecule has 0 unspecified atom stereocenters. The number of hydrogen-bond acceptors (Lipinski definition) is 6. The van der Waals surface area contributed by atoms with Gasteiger partial charge in [0.25, 0.3) is 5.78 Å². The van der Waals surface area contributed by atoms with E-state index in [4.69, 9.17) is 0 Å². The molecule has 0 spiro atoms. The summed E-state index contributed by atoms with van der Waals surface area (Å²) in [6.07, 6.45) is -11.5. The number of carbonyl (C=O) groups excluding carboxylic acids is 2. The smallest absolute Gasteiger partial charge is 0.350 e. The predicted molar refractivity (Wildman–Crippen MR) is 80.3 cm³/mol. The lowest BCUT2D eigenvalue weighted by Crippen LogP contribution is -2.65. The predicted octanol–water partition coefficient (Wildman–Crippen LogP) is 2.83. The lowest BCUT2D eigenvalue weighted by atomic mass is 10.0. The van der Waals surface area contributed by atoms with Crippen molar-refractivity contribution >= 4 is 17.4 Å². The molecule has 3 N–H and O–H groups in total. The minimum Gasteiger partial charge on any atom is -0.350 e. The summed E-state index contributed by atoms with van der Waals surface area (Å²) in [6.45, 7) is 2.74. The van der Waals surface area contributed by atoms with Gasteiger partial charge < -0.3 is 5.32 Å². The van der Waals surface area contributed by atoms with Gasteiger partial charge in [-0.2, -0.15) is 26.3 Å². The summed E-state index contributed by atoms with van der Waals surface area (Å²) in [6, 6.07) is 4.41. The molecule has 0 heterocycles. The van der Waals surface area contributed by atoms with Gasteiger partial charge in [-0.1, -0.05) is 6.58 Å². The average Bonchev–Trinajstić information content (AvgIpc) is 2.57. The van der Waals surface area contributed by atoms with Crippen molar-refractivity contribution < 1.29 is 35.9 Å². The highest BCUT2D eigenvalue weighted by atomic mass is 19.4. The number of alkyl halides is 6. The van der Waals surface area contributed by atoms with E-state index < -0.39 is 35.4 Å². The molecule has 0 aromatic heterocycles. The number of amides is 1. The van der Waals surface area contributed by atoms with Crippen LogP contribution in [0.25, 0.3) is 0 Å². The van der Waals surface area contributed by atoms with Crippen LogP contribution >= 0.6 is 0 Å². The van der Waals surface area contributed by atoms with Gasteiger partial charge in [-0.3, -0.25) is 20.4 Å². The van der Waals surface area contributed by atoms with Gasteiger partial charge in [-0.25, -0.2) is 0 Å². The van der Waals surface area contributed by atoms with Crippen molar-refractivity contribution in [3.63, 3.8) is 0 Å². The van der Waals surface area contributed by atoms with E-state index >= 15 is 0 Å². The number of Topliss-reactive ketones (excluding diaryl/α,β-unsaturated/α-hetero) is 1. The number of carbonyl (C=O) groups is 2. The Morgan fingerprint density at radius 3 is 1.85 bits per heavy atom. The number of nitrogens with one attached hydrogen (secondary N) is 3. The van der Waals surface area contributed by atoms with E-state index in [1.807, 2.05) is 0 Å². The number of hydrogen-bond donors (Lipinski definition) is 3. The van der Waals surface area contributed by atoms with Crippen LogP contribution in [0.1, 0.15) is 17.3 Å². The van der Waals surface area contributed by atoms with Gasteiger partial charge in [0.2, 0.25) is 5.54 Å². The summed E-state index contributed by atoms with van der Waals surface area (Å²) in [5, 5.41) is 3.66.